The maximum atomic E-state index is 11.3. The van der Waals surface area contributed by atoms with Crippen LogP contribution in [0.3, 0.4) is 0 Å². The third-order valence-corrected chi connectivity index (χ3v) is 3.86. The van der Waals surface area contributed by atoms with E-state index in [1.807, 2.05) is 32.1 Å². The molecule has 0 aromatic rings. The molecule has 1 heterocycles. The van der Waals surface area contributed by atoms with Crippen LogP contribution in [0.25, 0.3) is 0 Å². The predicted octanol–water partition coefficient (Wildman–Crippen LogP) is 1.41. The number of hydrazone groups is 1. The van der Waals surface area contributed by atoms with Gasteiger partial charge in [-0.3, -0.25) is 4.79 Å². The number of hydrogen-bond donors (Lipinski definition) is 1. The lowest BCUT2D eigenvalue weighted by Crippen LogP contribution is -2.38. The second-order valence-corrected chi connectivity index (χ2v) is 5.23. The monoisotopic (exact) mass is 264 g/mol. The van der Waals surface area contributed by atoms with Crippen LogP contribution in [0.1, 0.15) is 26.7 Å². The third kappa shape index (κ3) is 2.51. The number of amides is 1. The molecule has 1 N–H and O–H groups in total. The Balaban J connectivity index is 2.34. The second kappa shape index (κ2) is 5.44. The highest BCUT2D eigenvalue weighted by Crippen LogP contribution is 2.24. The average Bonchev–Trinajstić information content (AvgIpc) is 2.38. The van der Waals surface area contributed by atoms with Crippen LogP contribution in [-0.2, 0) is 16.1 Å². The van der Waals surface area contributed by atoms with Crippen molar-refractivity contribution in [1.29, 1.82) is 0 Å². The highest BCUT2D eigenvalue weighted by atomic mass is 32.1. The van der Waals surface area contributed by atoms with Gasteiger partial charge in [-0.05, 0) is 19.4 Å². The quantitative estimate of drug-likeness (QED) is 0.767. The Morgan fingerprint density at radius 1 is 1.56 bits per heavy atom. The zero-order valence-electron chi connectivity index (χ0n) is 10.5. The van der Waals surface area contributed by atoms with E-state index in [9.17, 15) is 9.00 Å². The predicted molar refractivity (Wildman–Crippen MR) is 73.5 cm³/mol. The number of rotatable bonds is 2. The van der Waals surface area contributed by atoms with Crippen molar-refractivity contribution in [3.63, 3.8) is 0 Å². The van der Waals surface area contributed by atoms with E-state index < -0.39 is 0 Å². The third-order valence-electron chi connectivity index (χ3n) is 3.30. The van der Waals surface area contributed by atoms with Crippen molar-refractivity contribution >= 4 is 27.7 Å². The zero-order valence-corrected chi connectivity index (χ0v) is 11.3. The summed E-state index contributed by atoms with van der Waals surface area (Å²) in [5.74, 6) is -0.00227. The Hall–Kier alpha value is -1.49. The molecule has 2 rings (SSSR count). The molecule has 5 heteroatoms. The van der Waals surface area contributed by atoms with Gasteiger partial charge in [0.1, 0.15) is 0 Å². The summed E-state index contributed by atoms with van der Waals surface area (Å²) >= 11 is 0.510. The standard InChI is InChI=1S/C13H16N2O2S/c1-3-9-7-12(16)14-15-13(9)10-5-4-8(2)6-11(10)18-17/h4-6,9-10H,3,7H2,1-2H3,(H,14,16). The average molecular weight is 264 g/mol. The van der Waals surface area contributed by atoms with Gasteiger partial charge in [-0.15, -0.1) is 0 Å². The van der Waals surface area contributed by atoms with Crippen LogP contribution in [0, 0.1) is 11.8 Å². The summed E-state index contributed by atoms with van der Waals surface area (Å²) in [6.45, 7) is 4.00. The molecule has 0 bridgehead atoms. The Bertz CT molecular complexity index is 513. The van der Waals surface area contributed by atoms with Gasteiger partial charge in [0, 0.05) is 12.3 Å². The molecule has 2 aliphatic rings. The first kappa shape index (κ1) is 13.0. The number of nitrogens with one attached hydrogen (secondary N) is 1. The largest absolute Gasteiger partial charge is 0.273 e. The first-order valence-corrected chi connectivity index (χ1v) is 6.79. The maximum Gasteiger partial charge on any atom is 0.240 e. The van der Waals surface area contributed by atoms with E-state index in [1.54, 1.807) is 0 Å². The molecule has 0 saturated carbocycles. The minimum Gasteiger partial charge on any atom is -0.273 e. The van der Waals surface area contributed by atoms with E-state index >= 15 is 0 Å². The molecule has 0 aromatic heterocycles. The topological polar surface area (TPSA) is 58.5 Å². The molecule has 1 amide bonds. The number of carbonyl (C=O) groups excluding carboxylic acids is 1. The Kier molecular flexibility index (Phi) is 3.91. The normalized spacial score (nSPS) is 27.4. The van der Waals surface area contributed by atoms with Gasteiger partial charge in [-0.1, -0.05) is 24.6 Å². The lowest BCUT2D eigenvalue weighted by molar-refractivity contribution is -0.122. The van der Waals surface area contributed by atoms with Crippen LogP contribution in [0.4, 0.5) is 0 Å². The van der Waals surface area contributed by atoms with Crippen molar-refractivity contribution in [1.82, 2.24) is 5.43 Å². The van der Waals surface area contributed by atoms with Gasteiger partial charge in [0.15, 0.2) is 0 Å². The minimum atomic E-state index is -0.0817. The number of nitrogens with zero attached hydrogens (tertiary/aromatic N) is 1. The number of hydrogen-bond acceptors (Lipinski definition) is 3. The molecule has 4 nitrogen and oxygen atoms in total. The fourth-order valence-corrected chi connectivity index (χ4v) is 2.83. The van der Waals surface area contributed by atoms with Gasteiger partial charge in [-0.2, -0.15) is 5.10 Å². The number of allylic oxidation sites excluding steroid dienone is 4. The van der Waals surface area contributed by atoms with Crippen LogP contribution in [-0.4, -0.2) is 20.7 Å². The molecule has 1 aliphatic heterocycles. The van der Waals surface area contributed by atoms with Crippen molar-refractivity contribution in [2.75, 3.05) is 0 Å². The molecule has 96 valence electrons. The van der Waals surface area contributed by atoms with Gasteiger partial charge < -0.3 is 0 Å². The van der Waals surface area contributed by atoms with E-state index in [-0.39, 0.29) is 17.7 Å². The van der Waals surface area contributed by atoms with Gasteiger partial charge in [0.05, 0.1) is 27.7 Å². The summed E-state index contributed by atoms with van der Waals surface area (Å²) in [5.41, 5.74) is 4.49. The molecule has 0 aromatic carbocycles. The fraction of sp³-hybridized carbons (Fsp3) is 0.462. The molecule has 18 heavy (non-hydrogen) atoms. The first-order valence-electron chi connectivity index (χ1n) is 6.05. The molecule has 0 saturated heterocycles. The highest BCUT2D eigenvalue weighted by molar-refractivity contribution is 7.67. The Morgan fingerprint density at radius 3 is 3.00 bits per heavy atom. The van der Waals surface area contributed by atoms with Crippen LogP contribution < -0.4 is 5.43 Å². The summed E-state index contributed by atoms with van der Waals surface area (Å²) in [6, 6.07) is 0. The smallest absolute Gasteiger partial charge is 0.240 e. The molecule has 2 atom stereocenters. The summed E-state index contributed by atoms with van der Waals surface area (Å²) in [7, 11) is 0. The highest BCUT2D eigenvalue weighted by Gasteiger charge is 2.30. The van der Waals surface area contributed by atoms with E-state index in [4.69, 9.17) is 0 Å². The van der Waals surface area contributed by atoms with Crippen molar-refractivity contribution in [2.45, 2.75) is 26.7 Å². The first-order chi connectivity index (χ1) is 8.65. The lowest BCUT2D eigenvalue weighted by atomic mass is 9.82. The van der Waals surface area contributed by atoms with Crippen molar-refractivity contribution in [2.24, 2.45) is 16.9 Å². The van der Waals surface area contributed by atoms with Crippen molar-refractivity contribution in [3.05, 3.63) is 23.8 Å². The molecule has 0 spiro atoms. The van der Waals surface area contributed by atoms with Gasteiger partial charge >= 0.3 is 0 Å². The SMILES string of the molecule is CCC1CC(=O)NN=C1C1C=CC(C)=CC1=S=O. The molecule has 1 aliphatic carbocycles. The van der Waals surface area contributed by atoms with Crippen LogP contribution in [0.5, 0.6) is 0 Å². The Labute approximate surface area is 110 Å². The maximum absolute atomic E-state index is 11.3. The summed E-state index contributed by atoms with van der Waals surface area (Å²) in [6.07, 6.45) is 7.20. The van der Waals surface area contributed by atoms with E-state index in [1.165, 1.54) is 0 Å². The molecular formula is C13H16N2O2S. The molecule has 0 radical (unpaired) electrons. The fourth-order valence-electron chi connectivity index (χ4n) is 2.29. The van der Waals surface area contributed by atoms with Gasteiger partial charge in [0.2, 0.25) is 5.91 Å². The zero-order chi connectivity index (χ0) is 13.1. The van der Waals surface area contributed by atoms with Crippen LogP contribution in [0.15, 0.2) is 28.9 Å². The van der Waals surface area contributed by atoms with Crippen molar-refractivity contribution in [3.8, 4) is 0 Å². The van der Waals surface area contributed by atoms with Crippen LogP contribution >= 0.6 is 0 Å². The second-order valence-electron chi connectivity index (χ2n) is 4.59. The summed E-state index contributed by atoms with van der Waals surface area (Å²) < 4.78 is 11.2. The molecule has 0 fully saturated rings. The molecule has 2 unspecified atom stereocenters. The van der Waals surface area contributed by atoms with E-state index in [2.05, 4.69) is 10.5 Å². The number of carbonyl (C=O) groups is 1. The minimum absolute atomic E-state index is 0.0477. The molecular weight excluding hydrogens is 248 g/mol. The van der Waals surface area contributed by atoms with E-state index in [0.717, 1.165) is 22.6 Å². The summed E-state index contributed by atoms with van der Waals surface area (Å²) in [5, 5.41) is 4.17. The van der Waals surface area contributed by atoms with Gasteiger partial charge in [0.25, 0.3) is 0 Å². The van der Waals surface area contributed by atoms with Crippen molar-refractivity contribution < 1.29 is 9.00 Å². The Morgan fingerprint density at radius 2 is 2.33 bits per heavy atom. The lowest BCUT2D eigenvalue weighted by Gasteiger charge is -2.27. The van der Waals surface area contributed by atoms with E-state index in [0.29, 0.717) is 17.7 Å². The summed E-state index contributed by atoms with van der Waals surface area (Å²) in [4.78, 5) is 12.1. The van der Waals surface area contributed by atoms with Gasteiger partial charge in [-0.25, -0.2) is 9.63 Å². The van der Waals surface area contributed by atoms with Crippen LogP contribution in [0.2, 0.25) is 0 Å².